The third-order valence-corrected chi connectivity index (χ3v) is 2.06. The monoisotopic (exact) mass is 278 g/mol. The molecule has 0 aliphatic rings. The SMILES string of the molecule is O=C(O)NCCNCc1ccc(OC(F)(F)F)cc1. The first kappa shape index (κ1) is 15.1. The number of carbonyl (C=O) groups is 1. The molecule has 0 radical (unpaired) electrons. The molecule has 1 aromatic carbocycles. The number of hydrogen-bond acceptors (Lipinski definition) is 3. The van der Waals surface area contributed by atoms with Gasteiger partial charge in [-0.15, -0.1) is 13.2 Å². The minimum absolute atomic E-state index is 0.255. The van der Waals surface area contributed by atoms with Crippen molar-refractivity contribution in [2.75, 3.05) is 13.1 Å². The van der Waals surface area contributed by atoms with Crippen molar-refractivity contribution in [3.8, 4) is 5.75 Å². The second kappa shape index (κ2) is 6.83. The summed E-state index contributed by atoms with van der Waals surface area (Å²) in [6, 6.07) is 5.44. The van der Waals surface area contributed by atoms with E-state index in [1.807, 2.05) is 0 Å². The molecule has 0 fully saturated rings. The summed E-state index contributed by atoms with van der Waals surface area (Å²) in [5, 5.41) is 13.4. The fraction of sp³-hybridized carbons (Fsp3) is 0.364. The number of hydrogen-bond donors (Lipinski definition) is 3. The first-order valence-electron chi connectivity index (χ1n) is 5.39. The van der Waals surface area contributed by atoms with Crippen molar-refractivity contribution in [2.45, 2.75) is 12.9 Å². The molecule has 0 saturated heterocycles. The van der Waals surface area contributed by atoms with Crippen LogP contribution in [-0.2, 0) is 6.54 Å². The van der Waals surface area contributed by atoms with Crippen LogP contribution in [0.4, 0.5) is 18.0 Å². The molecule has 8 heteroatoms. The van der Waals surface area contributed by atoms with Gasteiger partial charge < -0.3 is 20.5 Å². The quantitative estimate of drug-likeness (QED) is 0.695. The van der Waals surface area contributed by atoms with E-state index in [9.17, 15) is 18.0 Å². The largest absolute Gasteiger partial charge is 0.573 e. The number of benzene rings is 1. The first-order chi connectivity index (χ1) is 8.87. The fourth-order valence-corrected chi connectivity index (χ4v) is 1.30. The van der Waals surface area contributed by atoms with E-state index in [-0.39, 0.29) is 12.3 Å². The van der Waals surface area contributed by atoms with Gasteiger partial charge in [-0.1, -0.05) is 12.1 Å². The summed E-state index contributed by atoms with van der Waals surface area (Å²) in [7, 11) is 0. The van der Waals surface area contributed by atoms with E-state index >= 15 is 0 Å². The molecule has 1 rings (SSSR count). The van der Waals surface area contributed by atoms with E-state index in [2.05, 4.69) is 15.4 Å². The predicted molar refractivity (Wildman–Crippen MR) is 60.9 cm³/mol. The van der Waals surface area contributed by atoms with Gasteiger partial charge in [-0.05, 0) is 17.7 Å². The topological polar surface area (TPSA) is 70.6 Å². The number of halogens is 3. The Morgan fingerprint density at radius 2 is 1.84 bits per heavy atom. The Balaban J connectivity index is 2.30. The molecule has 0 aliphatic carbocycles. The van der Waals surface area contributed by atoms with Gasteiger partial charge in [0.1, 0.15) is 5.75 Å². The lowest BCUT2D eigenvalue weighted by Crippen LogP contribution is -2.30. The molecule has 0 saturated carbocycles. The molecule has 0 aliphatic heterocycles. The highest BCUT2D eigenvalue weighted by Gasteiger charge is 2.30. The maximum absolute atomic E-state index is 11.9. The van der Waals surface area contributed by atoms with Crippen molar-refractivity contribution in [3.63, 3.8) is 0 Å². The van der Waals surface area contributed by atoms with Crippen molar-refractivity contribution >= 4 is 6.09 Å². The molecule has 19 heavy (non-hydrogen) atoms. The molecule has 0 heterocycles. The number of alkyl halides is 3. The van der Waals surface area contributed by atoms with Gasteiger partial charge in [0, 0.05) is 19.6 Å². The molecule has 0 aromatic heterocycles. The van der Waals surface area contributed by atoms with Crippen LogP contribution >= 0.6 is 0 Å². The number of ether oxygens (including phenoxy) is 1. The number of rotatable bonds is 6. The summed E-state index contributed by atoms with van der Waals surface area (Å²) in [6.07, 6.45) is -5.79. The van der Waals surface area contributed by atoms with Gasteiger partial charge in [0.2, 0.25) is 0 Å². The molecule has 3 N–H and O–H groups in total. The summed E-state index contributed by atoms with van der Waals surface area (Å²) < 4.78 is 39.4. The van der Waals surface area contributed by atoms with Gasteiger partial charge in [-0.25, -0.2) is 4.79 Å². The summed E-state index contributed by atoms with van der Waals surface area (Å²) in [5.74, 6) is -0.274. The van der Waals surface area contributed by atoms with E-state index in [0.29, 0.717) is 13.1 Å². The number of carboxylic acid groups (broad SMARTS) is 1. The Labute approximate surface area is 107 Å². The smallest absolute Gasteiger partial charge is 0.465 e. The molecule has 1 aromatic rings. The van der Waals surface area contributed by atoms with Crippen molar-refractivity contribution in [3.05, 3.63) is 29.8 Å². The van der Waals surface area contributed by atoms with Crippen LogP contribution in [0.15, 0.2) is 24.3 Å². The van der Waals surface area contributed by atoms with E-state index < -0.39 is 12.5 Å². The average Bonchev–Trinajstić information content (AvgIpc) is 2.28. The zero-order valence-corrected chi connectivity index (χ0v) is 9.83. The Hall–Kier alpha value is -1.96. The molecule has 1 amide bonds. The van der Waals surface area contributed by atoms with Crippen molar-refractivity contribution in [1.29, 1.82) is 0 Å². The maximum Gasteiger partial charge on any atom is 0.573 e. The molecule has 0 bridgehead atoms. The Morgan fingerprint density at radius 3 is 2.37 bits per heavy atom. The molecular formula is C11H13F3N2O3. The van der Waals surface area contributed by atoms with E-state index in [4.69, 9.17) is 5.11 Å². The van der Waals surface area contributed by atoms with Crippen LogP contribution in [0, 0.1) is 0 Å². The minimum Gasteiger partial charge on any atom is -0.465 e. The third-order valence-electron chi connectivity index (χ3n) is 2.06. The molecule has 0 spiro atoms. The summed E-state index contributed by atoms with van der Waals surface area (Å²) in [4.78, 5) is 10.1. The van der Waals surface area contributed by atoms with Crippen LogP contribution in [0.5, 0.6) is 5.75 Å². The van der Waals surface area contributed by atoms with Gasteiger partial charge in [0.15, 0.2) is 0 Å². The van der Waals surface area contributed by atoms with Crippen LogP contribution in [0.3, 0.4) is 0 Å². The van der Waals surface area contributed by atoms with Gasteiger partial charge in [-0.2, -0.15) is 0 Å². The van der Waals surface area contributed by atoms with Crippen molar-refractivity contribution in [2.24, 2.45) is 0 Å². The zero-order valence-electron chi connectivity index (χ0n) is 9.83. The lowest BCUT2D eigenvalue weighted by molar-refractivity contribution is -0.274. The van der Waals surface area contributed by atoms with Gasteiger partial charge in [0.25, 0.3) is 0 Å². The van der Waals surface area contributed by atoms with Crippen LogP contribution in [-0.4, -0.2) is 30.7 Å². The number of nitrogens with one attached hydrogen (secondary N) is 2. The second-order valence-corrected chi connectivity index (χ2v) is 3.60. The summed E-state index contributed by atoms with van der Waals surface area (Å²) in [5.41, 5.74) is 0.768. The summed E-state index contributed by atoms with van der Waals surface area (Å²) in [6.45, 7) is 1.10. The standard InChI is InChI=1S/C11H13F3N2O3/c12-11(13,14)19-9-3-1-8(2-4-9)7-15-5-6-16-10(17)18/h1-4,15-16H,5-7H2,(H,17,18). The van der Waals surface area contributed by atoms with Crippen LogP contribution in [0.1, 0.15) is 5.56 Å². The highest BCUT2D eigenvalue weighted by molar-refractivity contribution is 5.64. The molecule has 0 unspecified atom stereocenters. The Morgan fingerprint density at radius 1 is 1.21 bits per heavy atom. The van der Waals surface area contributed by atoms with E-state index in [0.717, 1.165) is 5.56 Å². The lowest BCUT2D eigenvalue weighted by Gasteiger charge is -2.09. The van der Waals surface area contributed by atoms with Crippen LogP contribution < -0.4 is 15.4 Å². The molecule has 5 nitrogen and oxygen atoms in total. The van der Waals surface area contributed by atoms with Crippen LogP contribution in [0.25, 0.3) is 0 Å². The average molecular weight is 278 g/mol. The van der Waals surface area contributed by atoms with Gasteiger partial charge >= 0.3 is 12.5 Å². The highest BCUT2D eigenvalue weighted by Crippen LogP contribution is 2.22. The highest BCUT2D eigenvalue weighted by atomic mass is 19.4. The molecule has 0 atom stereocenters. The second-order valence-electron chi connectivity index (χ2n) is 3.60. The Bertz CT molecular complexity index is 407. The Kier molecular flexibility index (Phi) is 5.43. The predicted octanol–water partition coefficient (Wildman–Crippen LogP) is 1.94. The van der Waals surface area contributed by atoms with E-state index in [1.165, 1.54) is 24.3 Å². The van der Waals surface area contributed by atoms with Crippen LogP contribution in [0.2, 0.25) is 0 Å². The fourth-order valence-electron chi connectivity index (χ4n) is 1.30. The molecular weight excluding hydrogens is 265 g/mol. The molecule has 106 valence electrons. The zero-order chi connectivity index (χ0) is 14.3. The van der Waals surface area contributed by atoms with Gasteiger partial charge in [0.05, 0.1) is 0 Å². The van der Waals surface area contributed by atoms with Crippen molar-refractivity contribution in [1.82, 2.24) is 10.6 Å². The lowest BCUT2D eigenvalue weighted by atomic mass is 10.2. The maximum atomic E-state index is 11.9. The van der Waals surface area contributed by atoms with Crippen molar-refractivity contribution < 1.29 is 27.8 Å². The van der Waals surface area contributed by atoms with Gasteiger partial charge in [-0.3, -0.25) is 0 Å². The van der Waals surface area contributed by atoms with E-state index in [1.54, 1.807) is 0 Å². The normalized spacial score (nSPS) is 11.1. The third kappa shape index (κ3) is 7.14. The first-order valence-corrected chi connectivity index (χ1v) is 5.39. The number of amides is 1. The summed E-state index contributed by atoms with van der Waals surface area (Å²) >= 11 is 0. The minimum atomic E-state index is -4.69.